The van der Waals surface area contributed by atoms with E-state index in [1.807, 2.05) is 18.2 Å². The Balaban J connectivity index is 2.80. The van der Waals surface area contributed by atoms with Crippen molar-refractivity contribution in [3.05, 3.63) is 23.8 Å². The number of aliphatic carboxylic acids is 1. The van der Waals surface area contributed by atoms with Crippen LogP contribution in [0.5, 0.6) is 11.5 Å². The van der Waals surface area contributed by atoms with E-state index in [1.54, 1.807) is 14.2 Å². The number of nitrogens with zero attached hydrogens (tertiary/aromatic N) is 1. The highest BCUT2D eigenvalue weighted by Crippen LogP contribution is 2.26. The molecule has 0 saturated carbocycles. The first-order valence-corrected chi connectivity index (χ1v) is 7.14. The summed E-state index contributed by atoms with van der Waals surface area (Å²) in [5.41, 5.74) is 1.04. The maximum absolute atomic E-state index is 10.6. The molecule has 0 unspecified atom stereocenters. The van der Waals surface area contributed by atoms with Gasteiger partial charge in [-0.15, -0.1) is 0 Å². The van der Waals surface area contributed by atoms with E-state index in [-0.39, 0.29) is 6.42 Å². The second-order valence-corrected chi connectivity index (χ2v) is 5.24. The molecule has 0 aromatic heterocycles. The van der Waals surface area contributed by atoms with Crippen molar-refractivity contribution in [2.75, 3.05) is 20.8 Å². The number of benzene rings is 1. The number of ether oxygens (including phenoxy) is 2. The summed E-state index contributed by atoms with van der Waals surface area (Å²) in [4.78, 5) is 12.9. The molecule has 5 heteroatoms. The van der Waals surface area contributed by atoms with Gasteiger partial charge in [-0.2, -0.15) is 0 Å². The van der Waals surface area contributed by atoms with Crippen molar-refractivity contribution in [1.82, 2.24) is 4.90 Å². The molecule has 0 bridgehead atoms. The van der Waals surface area contributed by atoms with Crippen LogP contribution in [-0.4, -0.2) is 42.8 Å². The summed E-state index contributed by atoms with van der Waals surface area (Å²) < 4.78 is 10.6. The maximum atomic E-state index is 10.6. The third kappa shape index (κ3) is 5.63. The lowest BCUT2D eigenvalue weighted by molar-refractivity contribution is -0.137. The van der Waals surface area contributed by atoms with Crippen LogP contribution in [0.2, 0.25) is 0 Å². The number of carboxylic acid groups (broad SMARTS) is 1. The molecule has 0 aliphatic rings. The van der Waals surface area contributed by atoms with Crippen LogP contribution in [0.25, 0.3) is 0 Å². The minimum atomic E-state index is -0.752. The van der Waals surface area contributed by atoms with Crippen molar-refractivity contribution in [2.24, 2.45) is 0 Å². The molecule has 0 aliphatic carbocycles. The standard InChI is InChI=1S/C16H25NO4/c1-12(2)17(9-5-6-16(18)19)11-13-10-14(20-3)7-8-15(13)21-4/h7-8,10,12H,5-6,9,11H2,1-4H3,(H,18,19). The summed E-state index contributed by atoms with van der Waals surface area (Å²) in [7, 11) is 3.29. The van der Waals surface area contributed by atoms with Gasteiger partial charge < -0.3 is 14.6 Å². The monoisotopic (exact) mass is 295 g/mol. The summed E-state index contributed by atoms with van der Waals surface area (Å²) in [5, 5.41) is 8.75. The van der Waals surface area contributed by atoms with Gasteiger partial charge >= 0.3 is 5.97 Å². The summed E-state index contributed by atoms with van der Waals surface area (Å²) >= 11 is 0. The molecule has 0 heterocycles. The molecule has 1 rings (SSSR count). The van der Waals surface area contributed by atoms with E-state index in [0.717, 1.165) is 23.6 Å². The van der Waals surface area contributed by atoms with Crippen molar-refractivity contribution in [3.63, 3.8) is 0 Å². The largest absolute Gasteiger partial charge is 0.497 e. The van der Waals surface area contributed by atoms with E-state index < -0.39 is 5.97 Å². The Morgan fingerprint density at radius 2 is 2.00 bits per heavy atom. The number of carboxylic acids is 1. The molecule has 5 nitrogen and oxygen atoms in total. The van der Waals surface area contributed by atoms with Gasteiger partial charge in [0, 0.05) is 24.6 Å². The highest BCUT2D eigenvalue weighted by atomic mass is 16.5. The topological polar surface area (TPSA) is 59.0 Å². The number of carbonyl (C=O) groups is 1. The highest BCUT2D eigenvalue weighted by molar-refractivity contribution is 5.66. The molecule has 118 valence electrons. The third-order valence-electron chi connectivity index (χ3n) is 3.43. The van der Waals surface area contributed by atoms with E-state index in [9.17, 15) is 4.79 Å². The van der Waals surface area contributed by atoms with Gasteiger partial charge in [-0.1, -0.05) is 0 Å². The molecule has 0 radical (unpaired) electrons. The molecule has 0 atom stereocenters. The van der Waals surface area contributed by atoms with Crippen LogP contribution in [0.15, 0.2) is 18.2 Å². The van der Waals surface area contributed by atoms with Gasteiger partial charge in [0.25, 0.3) is 0 Å². The normalized spacial score (nSPS) is 11.0. The van der Waals surface area contributed by atoms with Gasteiger partial charge in [-0.25, -0.2) is 0 Å². The van der Waals surface area contributed by atoms with Crippen LogP contribution in [0.3, 0.4) is 0 Å². The summed E-state index contributed by atoms with van der Waals surface area (Å²) in [6, 6.07) is 6.05. The van der Waals surface area contributed by atoms with Crippen LogP contribution >= 0.6 is 0 Å². The maximum Gasteiger partial charge on any atom is 0.303 e. The Morgan fingerprint density at radius 1 is 1.29 bits per heavy atom. The summed E-state index contributed by atoms with van der Waals surface area (Å²) in [6.07, 6.45) is 0.832. The summed E-state index contributed by atoms with van der Waals surface area (Å²) in [6.45, 7) is 5.66. The van der Waals surface area contributed by atoms with E-state index in [2.05, 4.69) is 18.7 Å². The molecule has 0 fully saturated rings. The zero-order valence-corrected chi connectivity index (χ0v) is 13.3. The second-order valence-electron chi connectivity index (χ2n) is 5.24. The van der Waals surface area contributed by atoms with E-state index in [1.165, 1.54) is 0 Å². The lowest BCUT2D eigenvalue weighted by Gasteiger charge is -2.27. The Labute approximate surface area is 126 Å². The van der Waals surface area contributed by atoms with E-state index in [0.29, 0.717) is 19.0 Å². The number of rotatable bonds is 9. The zero-order chi connectivity index (χ0) is 15.8. The Kier molecular flexibility index (Phi) is 7.02. The third-order valence-corrected chi connectivity index (χ3v) is 3.43. The van der Waals surface area contributed by atoms with Crippen molar-refractivity contribution in [3.8, 4) is 11.5 Å². The smallest absolute Gasteiger partial charge is 0.303 e. The van der Waals surface area contributed by atoms with Gasteiger partial charge in [-0.3, -0.25) is 9.69 Å². The van der Waals surface area contributed by atoms with Gasteiger partial charge in [-0.05, 0) is 45.0 Å². The van der Waals surface area contributed by atoms with Crippen LogP contribution < -0.4 is 9.47 Å². The first kappa shape index (κ1) is 17.3. The Hall–Kier alpha value is -1.75. The van der Waals surface area contributed by atoms with Crippen LogP contribution in [0, 0.1) is 0 Å². The predicted octanol–water partition coefficient (Wildman–Crippen LogP) is 2.78. The average molecular weight is 295 g/mol. The van der Waals surface area contributed by atoms with Crippen molar-refractivity contribution >= 4 is 5.97 Å². The minimum Gasteiger partial charge on any atom is -0.497 e. The fourth-order valence-corrected chi connectivity index (χ4v) is 2.18. The Bertz CT molecular complexity index is 460. The Morgan fingerprint density at radius 3 is 2.52 bits per heavy atom. The molecule has 0 aliphatic heterocycles. The van der Waals surface area contributed by atoms with Crippen LogP contribution in [-0.2, 0) is 11.3 Å². The highest BCUT2D eigenvalue weighted by Gasteiger charge is 2.14. The molecular weight excluding hydrogens is 270 g/mol. The molecule has 0 spiro atoms. The predicted molar refractivity (Wildman–Crippen MR) is 82.0 cm³/mol. The first-order chi connectivity index (χ1) is 9.97. The molecule has 1 aromatic rings. The number of methoxy groups -OCH3 is 2. The SMILES string of the molecule is COc1ccc(OC)c(CN(CCCC(=O)O)C(C)C)c1. The van der Waals surface area contributed by atoms with Gasteiger partial charge in [0.05, 0.1) is 14.2 Å². The van der Waals surface area contributed by atoms with Gasteiger partial charge in [0.2, 0.25) is 0 Å². The minimum absolute atomic E-state index is 0.193. The molecule has 0 saturated heterocycles. The van der Waals surface area contributed by atoms with E-state index >= 15 is 0 Å². The van der Waals surface area contributed by atoms with Crippen molar-refractivity contribution in [2.45, 2.75) is 39.3 Å². The van der Waals surface area contributed by atoms with Crippen molar-refractivity contribution < 1.29 is 19.4 Å². The van der Waals surface area contributed by atoms with Crippen molar-refractivity contribution in [1.29, 1.82) is 0 Å². The zero-order valence-electron chi connectivity index (χ0n) is 13.3. The molecule has 21 heavy (non-hydrogen) atoms. The lowest BCUT2D eigenvalue weighted by atomic mass is 10.1. The molecule has 1 N–H and O–H groups in total. The summed E-state index contributed by atoms with van der Waals surface area (Å²) in [5.74, 6) is 0.859. The van der Waals surface area contributed by atoms with Crippen LogP contribution in [0.1, 0.15) is 32.3 Å². The fourth-order valence-electron chi connectivity index (χ4n) is 2.18. The molecule has 1 aromatic carbocycles. The number of hydrogen-bond acceptors (Lipinski definition) is 4. The van der Waals surface area contributed by atoms with Gasteiger partial charge in [0.1, 0.15) is 11.5 Å². The lowest BCUT2D eigenvalue weighted by Crippen LogP contribution is -2.31. The quantitative estimate of drug-likeness (QED) is 0.759. The van der Waals surface area contributed by atoms with Crippen LogP contribution in [0.4, 0.5) is 0 Å². The first-order valence-electron chi connectivity index (χ1n) is 7.14. The van der Waals surface area contributed by atoms with E-state index in [4.69, 9.17) is 14.6 Å². The molecule has 0 amide bonds. The fraction of sp³-hybridized carbons (Fsp3) is 0.562. The van der Waals surface area contributed by atoms with Gasteiger partial charge in [0.15, 0.2) is 0 Å². The average Bonchev–Trinajstić information content (AvgIpc) is 2.45. The molecular formula is C16H25NO4. The number of hydrogen-bond donors (Lipinski definition) is 1. The second kappa shape index (κ2) is 8.52.